The van der Waals surface area contributed by atoms with E-state index in [0.29, 0.717) is 29.1 Å². The Hall–Kier alpha value is -3.94. The highest BCUT2D eigenvalue weighted by atomic mass is 16.5. The van der Waals surface area contributed by atoms with Crippen LogP contribution in [0.25, 0.3) is 5.69 Å². The quantitative estimate of drug-likeness (QED) is 0.482. The van der Waals surface area contributed by atoms with Crippen molar-refractivity contribution >= 4 is 17.4 Å². The van der Waals surface area contributed by atoms with Crippen molar-refractivity contribution < 1.29 is 14.6 Å². The van der Waals surface area contributed by atoms with E-state index in [1.807, 2.05) is 0 Å². The molecule has 0 fully saturated rings. The molecule has 0 amide bonds. The molecule has 0 saturated carbocycles. The molecular formula is C22H21N3O5. The van der Waals surface area contributed by atoms with E-state index in [9.17, 15) is 19.5 Å². The predicted molar refractivity (Wildman–Crippen MR) is 113 cm³/mol. The van der Waals surface area contributed by atoms with Crippen LogP contribution >= 0.6 is 0 Å². The van der Waals surface area contributed by atoms with Gasteiger partial charge in [0.1, 0.15) is 5.56 Å². The zero-order valence-electron chi connectivity index (χ0n) is 16.6. The van der Waals surface area contributed by atoms with Gasteiger partial charge in [0.15, 0.2) is 0 Å². The highest BCUT2D eigenvalue weighted by Crippen LogP contribution is 2.21. The summed E-state index contributed by atoms with van der Waals surface area (Å²) < 4.78 is 5.97. The van der Waals surface area contributed by atoms with Crippen LogP contribution in [0.3, 0.4) is 0 Å². The molecule has 2 aromatic carbocycles. The summed E-state index contributed by atoms with van der Waals surface area (Å²) in [5, 5.41) is 10.8. The zero-order valence-corrected chi connectivity index (χ0v) is 16.6. The fourth-order valence-corrected chi connectivity index (χ4v) is 2.96. The Morgan fingerprint density at radius 2 is 1.73 bits per heavy atom. The van der Waals surface area contributed by atoms with Gasteiger partial charge >= 0.3 is 11.7 Å². The number of nitrogens with zero attached hydrogens (tertiary/aromatic N) is 2. The number of carbonyl (C=O) groups excluding carboxylic acids is 1. The number of hydrogen-bond donors (Lipinski definition) is 2. The molecule has 1 heterocycles. The van der Waals surface area contributed by atoms with Gasteiger partial charge in [-0.15, -0.1) is 0 Å². The molecule has 0 radical (unpaired) electrons. The van der Waals surface area contributed by atoms with Crippen LogP contribution < -0.4 is 11.2 Å². The second-order valence-corrected chi connectivity index (χ2v) is 6.31. The Kier molecular flexibility index (Phi) is 6.26. The third kappa shape index (κ3) is 4.22. The maximum absolute atomic E-state index is 12.5. The fourth-order valence-electron chi connectivity index (χ4n) is 2.96. The number of esters is 1. The lowest BCUT2D eigenvalue weighted by Gasteiger charge is -2.12. The van der Waals surface area contributed by atoms with Gasteiger partial charge in [0.2, 0.25) is 5.88 Å². The molecule has 8 nitrogen and oxygen atoms in total. The highest BCUT2D eigenvalue weighted by Gasteiger charge is 2.19. The van der Waals surface area contributed by atoms with Gasteiger partial charge in [-0.3, -0.25) is 14.8 Å². The topological polar surface area (TPSA) is 114 Å². The molecule has 0 aliphatic rings. The lowest BCUT2D eigenvalue weighted by molar-refractivity contribution is 0.0526. The minimum atomic E-state index is -0.748. The second-order valence-electron chi connectivity index (χ2n) is 6.31. The van der Waals surface area contributed by atoms with Gasteiger partial charge < -0.3 is 9.84 Å². The summed E-state index contributed by atoms with van der Waals surface area (Å²) in [6, 6.07) is 14.8. The fraction of sp³-hybridized carbons (Fsp3) is 0.182. The van der Waals surface area contributed by atoms with Gasteiger partial charge in [0.25, 0.3) is 5.56 Å². The number of carbonyl (C=O) groups is 1. The number of nitrogens with one attached hydrogen (secondary N) is 1. The van der Waals surface area contributed by atoms with Crippen molar-refractivity contribution in [2.75, 3.05) is 6.61 Å². The molecule has 0 saturated heterocycles. The molecule has 3 rings (SSSR count). The number of aromatic nitrogens is 2. The van der Waals surface area contributed by atoms with E-state index >= 15 is 0 Å². The summed E-state index contributed by atoms with van der Waals surface area (Å²) in [5.41, 5.74) is 0.00271. The van der Waals surface area contributed by atoms with Crippen molar-refractivity contribution in [3.8, 4) is 11.6 Å². The number of ether oxygens (including phenoxy) is 1. The van der Waals surface area contributed by atoms with E-state index in [0.717, 1.165) is 4.57 Å². The maximum atomic E-state index is 12.5. The first-order valence-corrected chi connectivity index (χ1v) is 9.45. The van der Waals surface area contributed by atoms with E-state index in [1.54, 1.807) is 68.4 Å². The van der Waals surface area contributed by atoms with Gasteiger partial charge in [-0.25, -0.2) is 14.2 Å². The minimum absolute atomic E-state index is 0.0876. The molecule has 3 aromatic rings. The Bertz CT molecular complexity index is 1190. The summed E-state index contributed by atoms with van der Waals surface area (Å²) in [5.74, 6) is -0.925. The summed E-state index contributed by atoms with van der Waals surface area (Å²) in [4.78, 5) is 43.2. The van der Waals surface area contributed by atoms with Crippen LogP contribution in [-0.4, -0.2) is 32.9 Å². The zero-order chi connectivity index (χ0) is 21.7. The summed E-state index contributed by atoms with van der Waals surface area (Å²) in [7, 11) is 0. The molecule has 0 aliphatic heterocycles. The molecule has 0 spiro atoms. The lowest BCUT2D eigenvalue weighted by atomic mass is 10.1. The van der Waals surface area contributed by atoms with Crippen molar-refractivity contribution in [1.82, 2.24) is 9.55 Å². The van der Waals surface area contributed by atoms with Crippen molar-refractivity contribution in [2.45, 2.75) is 20.3 Å². The SMILES string of the molecule is CCOC(=O)c1ccc(N=C(CC)c2c(O)n(-c3ccccc3)c(=O)[nH]c2=O)cc1. The Labute approximate surface area is 172 Å². The Morgan fingerprint density at radius 3 is 2.33 bits per heavy atom. The summed E-state index contributed by atoms with van der Waals surface area (Å²) in [6.45, 7) is 3.78. The Balaban J connectivity index is 2.08. The number of H-pyrrole nitrogens is 1. The number of hydrogen-bond acceptors (Lipinski definition) is 6. The molecule has 1 aromatic heterocycles. The van der Waals surface area contributed by atoms with Gasteiger partial charge in [-0.1, -0.05) is 25.1 Å². The first-order valence-electron chi connectivity index (χ1n) is 9.45. The predicted octanol–water partition coefficient (Wildman–Crippen LogP) is 2.94. The van der Waals surface area contributed by atoms with Crippen LogP contribution in [0.15, 0.2) is 69.2 Å². The number of para-hydroxylation sites is 1. The smallest absolute Gasteiger partial charge is 0.338 e. The molecule has 2 N–H and O–H groups in total. The van der Waals surface area contributed by atoms with Gasteiger partial charge in [0, 0.05) is 0 Å². The van der Waals surface area contributed by atoms with Gasteiger partial charge in [-0.2, -0.15) is 0 Å². The normalized spacial score (nSPS) is 11.3. The Morgan fingerprint density at radius 1 is 1.07 bits per heavy atom. The summed E-state index contributed by atoms with van der Waals surface area (Å²) in [6.07, 6.45) is 0.323. The number of rotatable bonds is 6. The number of benzene rings is 2. The minimum Gasteiger partial charge on any atom is -0.493 e. The van der Waals surface area contributed by atoms with Crippen LogP contribution in [-0.2, 0) is 4.74 Å². The molecule has 30 heavy (non-hydrogen) atoms. The average molecular weight is 407 g/mol. The van der Waals surface area contributed by atoms with Crippen LogP contribution in [0.5, 0.6) is 5.88 Å². The summed E-state index contributed by atoms with van der Waals surface area (Å²) >= 11 is 0. The average Bonchev–Trinajstić information content (AvgIpc) is 2.74. The number of aromatic hydroxyl groups is 1. The van der Waals surface area contributed by atoms with Crippen LogP contribution in [0.4, 0.5) is 5.69 Å². The van der Waals surface area contributed by atoms with Crippen molar-refractivity contribution in [3.63, 3.8) is 0 Å². The second kappa shape index (κ2) is 9.04. The maximum Gasteiger partial charge on any atom is 0.338 e. The molecule has 0 aliphatic carbocycles. The third-order valence-electron chi connectivity index (χ3n) is 4.37. The van der Waals surface area contributed by atoms with E-state index in [-0.39, 0.29) is 12.2 Å². The molecule has 154 valence electrons. The van der Waals surface area contributed by atoms with E-state index in [1.165, 1.54) is 0 Å². The number of aliphatic imine (C=N–C) groups is 1. The molecule has 0 bridgehead atoms. The van der Waals surface area contributed by atoms with E-state index in [2.05, 4.69) is 9.98 Å². The van der Waals surface area contributed by atoms with Crippen LogP contribution in [0.1, 0.15) is 36.2 Å². The number of aromatic amines is 1. The van der Waals surface area contributed by atoms with Gasteiger partial charge in [-0.05, 0) is 49.7 Å². The standard InChI is InChI=1S/C22H21N3O5/c1-3-17(23-15-12-10-14(11-13-15)21(28)30-4-2)18-19(26)24-22(29)25(20(18)27)16-8-6-5-7-9-16/h5-13,27H,3-4H2,1-2H3,(H,24,26,29). The lowest BCUT2D eigenvalue weighted by Crippen LogP contribution is -2.33. The van der Waals surface area contributed by atoms with Crippen LogP contribution in [0, 0.1) is 0 Å². The third-order valence-corrected chi connectivity index (χ3v) is 4.37. The highest BCUT2D eigenvalue weighted by molar-refractivity contribution is 6.03. The monoisotopic (exact) mass is 407 g/mol. The first-order chi connectivity index (χ1) is 14.5. The van der Waals surface area contributed by atoms with Crippen molar-refractivity contribution in [1.29, 1.82) is 0 Å². The van der Waals surface area contributed by atoms with Gasteiger partial charge in [0.05, 0.1) is 29.3 Å². The van der Waals surface area contributed by atoms with Crippen molar-refractivity contribution in [2.24, 2.45) is 4.99 Å². The molecular weight excluding hydrogens is 386 g/mol. The van der Waals surface area contributed by atoms with E-state index < -0.39 is 23.1 Å². The molecule has 0 unspecified atom stereocenters. The van der Waals surface area contributed by atoms with Crippen LogP contribution in [0.2, 0.25) is 0 Å². The molecule has 8 heteroatoms. The van der Waals surface area contributed by atoms with E-state index in [4.69, 9.17) is 4.74 Å². The molecule has 0 atom stereocenters. The largest absolute Gasteiger partial charge is 0.493 e. The first kappa shape index (κ1) is 20.8. The van der Waals surface area contributed by atoms with Crippen molar-refractivity contribution in [3.05, 3.63) is 86.6 Å².